The van der Waals surface area contributed by atoms with E-state index in [1.807, 2.05) is 13.0 Å². The van der Waals surface area contributed by atoms with Crippen LogP contribution in [0.3, 0.4) is 0 Å². The summed E-state index contributed by atoms with van der Waals surface area (Å²) in [6, 6.07) is 5.07. The van der Waals surface area contributed by atoms with Gasteiger partial charge in [0.2, 0.25) is 0 Å². The molecule has 0 aromatic heterocycles. The number of halogens is 1. The van der Waals surface area contributed by atoms with Crippen LogP contribution in [0.2, 0.25) is 0 Å². The zero-order valence-corrected chi connectivity index (χ0v) is 10.9. The van der Waals surface area contributed by atoms with Crippen LogP contribution in [-0.2, 0) is 17.9 Å². The van der Waals surface area contributed by atoms with Gasteiger partial charge in [-0.05, 0) is 30.9 Å². The van der Waals surface area contributed by atoms with Crippen molar-refractivity contribution in [1.82, 2.24) is 0 Å². The van der Waals surface area contributed by atoms with Crippen molar-refractivity contribution < 1.29 is 9.13 Å². The van der Waals surface area contributed by atoms with Crippen molar-refractivity contribution in [1.29, 1.82) is 0 Å². The largest absolute Gasteiger partial charge is 0.374 e. The summed E-state index contributed by atoms with van der Waals surface area (Å²) >= 11 is 0. The lowest BCUT2D eigenvalue weighted by atomic mass is 10.1. The molecule has 2 N–H and O–H groups in total. The fourth-order valence-electron chi connectivity index (χ4n) is 1.80. The van der Waals surface area contributed by atoms with E-state index in [2.05, 4.69) is 13.8 Å². The Balaban J connectivity index is 2.51. The molecular weight excluding hydrogens is 217 g/mol. The van der Waals surface area contributed by atoms with Crippen LogP contribution in [-0.4, -0.2) is 6.10 Å². The minimum Gasteiger partial charge on any atom is -0.374 e. The first-order chi connectivity index (χ1) is 8.02. The zero-order chi connectivity index (χ0) is 12.8. The van der Waals surface area contributed by atoms with Crippen molar-refractivity contribution in [3.8, 4) is 0 Å². The molecule has 0 aliphatic heterocycles. The fourth-order valence-corrected chi connectivity index (χ4v) is 1.80. The highest BCUT2D eigenvalue weighted by molar-refractivity contribution is 5.23. The van der Waals surface area contributed by atoms with E-state index in [1.54, 1.807) is 6.07 Å². The van der Waals surface area contributed by atoms with Crippen LogP contribution in [0, 0.1) is 11.7 Å². The molecule has 0 bridgehead atoms. The summed E-state index contributed by atoms with van der Waals surface area (Å²) in [6.07, 6.45) is 1.14. The Morgan fingerprint density at radius 3 is 2.53 bits per heavy atom. The van der Waals surface area contributed by atoms with Crippen LogP contribution in [0.4, 0.5) is 4.39 Å². The van der Waals surface area contributed by atoms with E-state index < -0.39 is 0 Å². The van der Waals surface area contributed by atoms with E-state index >= 15 is 0 Å². The van der Waals surface area contributed by atoms with Crippen LogP contribution in [0.1, 0.15) is 38.3 Å². The molecule has 0 saturated carbocycles. The molecule has 1 rings (SSSR count). The van der Waals surface area contributed by atoms with E-state index in [0.29, 0.717) is 24.6 Å². The molecule has 3 heteroatoms. The Hall–Kier alpha value is -0.930. The monoisotopic (exact) mass is 239 g/mol. The molecule has 0 aliphatic rings. The Morgan fingerprint density at radius 2 is 2.00 bits per heavy atom. The van der Waals surface area contributed by atoms with E-state index in [0.717, 1.165) is 12.0 Å². The first-order valence-electron chi connectivity index (χ1n) is 6.12. The van der Waals surface area contributed by atoms with Gasteiger partial charge in [0.25, 0.3) is 0 Å². The number of hydrogen-bond acceptors (Lipinski definition) is 2. The van der Waals surface area contributed by atoms with Crippen molar-refractivity contribution >= 4 is 0 Å². The number of nitrogens with two attached hydrogens (primary N) is 1. The average molecular weight is 239 g/mol. The predicted octanol–water partition coefficient (Wildman–Crippen LogP) is 3.24. The molecule has 1 unspecified atom stereocenters. The van der Waals surface area contributed by atoms with Crippen molar-refractivity contribution in [2.45, 2.75) is 46.4 Å². The molecule has 17 heavy (non-hydrogen) atoms. The average Bonchev–Trinajstić information content (AvgIpc) is 2.26. The van der Waals surface area contributed by atoms with E-state index in [9.17, 15) is 4.39 Å². The summed E-state index contributed by atoms with van der Waals surface area (Å²) in [7, 11) is 0. The van der Waals surface area contributed by atoms with Gasteiger partial charge in [-0.15, -0.1) is 0 Å². The molecule has 0 spiro atoms. The zero-order valence-electron chi connectivity index (χ0n) is 10.9. The minimum atomic E-state index is -0.232. The Bertz CT molecular complexity index is 352. The van der Waals surface area contributed by atoms with Gasteiger partial charge in [-0.25, -0.2) is 4.39 Å². The van der Waals surface area contributed by atoms with Gasteiger partial charge < -0.3 is 10.5 Å². The molecule has 1 aromatic carbocycles. The fraction of sp³-hybridized carbons (Fsp3) is 0.571. The van der Waals surface area contributed by atoms with Gasteiger partial charge in [0.15, 0.2) is 0 Å². The Labute approximate surface area is 103 Å². The standard InChI is InChI=1S/C14H22FNO/c1-10(2)6-11(3)17-9-13-5-4-12(8-16)7-14(13)15/h4-5,7,10-11H,6,8-9,16H2,1-3H3. The maximum Gasteiger partial charge on any atom is 0.129 e. The summed E-state index contributed by atoms with van der Waals surface area (Å²) in [5, 5.41) is 0. The first-order valence-corrected chi connectivity index (χ1v) is 6.12. The minimum absolute atomic E-state index is 0.156. The second-order valence-corrected chi connectivity index (χ2v) is 4.88. The Kier molecular flexibility index (Phi) is 5.59. The molecule has 96 valence electrons. The van der Waals surface area contributed by atoms with Crippen LogP contribution in [0.5, 0.6) is 0 Å². The third kappa shape index (κ3) is 4.84. The second-order valence-electron chi connectivity index (χ2n) is 4.88. The molecule has 0 heterocycles. The molecule has 0 radical (unpaired) electrons. The van der Waals surface area contributed by atoms with Crippen LogP contribution in [0.15, 0.2) is 18.2 Å². The summed E-state index contributed by atoms with van der Waals surface area (Å²) in [5.74, 6) is 0.360. The van der Waals surface area contributed by atoms with Gasteiger partial charge in [0.1, 0.15) is 5.82 Å². The molecule has 0 aliphatic carbocycles. The lowest BCUT2D eigenvalue weighted by Gasteiger charge is -2.15. The lowest BCUT2D eigenvalue weighted by Crippen LogP contribution is -2.11. The molecule has 1 aromatic rings. The first kappa shape index (κ1) is 14.1. The lowest BCUT2D eigenvalue weighted by molar-refractivity contribution is 0.0382. The maximum absolute atomic E-state index is 13.6. The molecular formula is C14H22FNO. The number of hydrogen-bond donors (Lipinski definition) is 1. The van der Waals surface area contributed by atoms with Crippen molar-refractivity contribution in [2.75, 3.05) is 0 Å². The number of rotatable bonds is 6. The van der Waals surface area contributed by atoms with Crippen molar-refractivity contribution in [2.24, 2.45) is 11.7 Å². The Morgan fingerprint density at radius 1 is 1.29 bits per heavy atom. The van der Waals surface area contributed by atoms with Gasteiger partial charge in [-0.2, -0.15) is 0 Å². The molecule has 2 nitrogen and oxygen atoms in total. The maximum atomic E-state index is 13.6. The smallest absolute Gasteiger partial charge is 0.129 e. The highest BCUT2D eigenvalue weighted by atomic mass is 19.1. The SMILES string of the molecule is CC(C)CC(C)OCc1ccc(CN)cc1F. The van der Waals surface area contributed by atoms with E-state index in [1.165, 1.54) is 6.07 Å². The van der Waals surface area contributed by atoms with Crippen LogP contribution < -0.4 is 5.73 Å². The van der Waals surface area contributed by atoms with Crippen LogP contribution >= 0.6 is 0 Å². The van der Waals surface area contributed by atoms with Gasteiger partial charge in [0.05, 0.1) is 12.7 Å². The van der Waals surface area contributed by atoms with Crippen molar-refractivity contribution in [3.63, 3.8) is 0 Å². The summed E-state index contributed by atoms with van der Waals surface area (Å²) in [4.78, 5) is 0. The van der Waals surface area contributed by atoms with Gasteiger partial charge in [0, 0.05) is 12.1 Å². The third-order valence-electron chi connectivity index (χ3n) is 2.68. The van der Waals surface area contributed by atoms with Crippen molar-refractivity contribution in [3.05, 3.63) is 35.1 Å². The molecule has 1 atom stereocenters. The summed E-state index contributed by atoms with van der Waals surface area (Å²) < 4.78 is 19.2. The molecule has 0 amide bonds. The summed E-state index contributed by atoms with van der Waals surface area (Å²) in [6.45, 7) is 7.01. The number of ether oxygens (including phenoxy) is 1. The second kappa shape index (κ2) is 6.72. The van der Waals surface area contributed by atoms with Crippen LogP contribution in [0.25, 0.3) is 0 Å². The predicted molar refractivity (Wildman–Crippen MR) is 68.0 cm³/mol. The normalized spacial score (nSPS) is 13.1. The van der Waals surface area contributed by atoms with E-state index in [4.69, 9.17) is 10.5 Å². The molecule has 0 saturated heterocycles. The summed E-state index contributed by atoms with van der Waals surface area (Å²) in [5.41, 5.74) is 6.85. The van der Waals surface area contributed by atoms with Gasteiger partial charge in [-0.1, -0.05) is 26.0 Å². The van der Waals surface area contributed by atoms with E-state index in [-0.39, 0.29) is 11.9 Å². The topological polar surface area (TPSA) is 35.2 Å². The highest BCUT2D eigenvalue weighted by Gasteiger charge is 2.08. The van der Waals surface area contributed by atoms with Gasteiger partial charge in [-0.3, -0.25) is 0 Å². The molecule has 0 fully saturated rings. The quantitative estimate of drug-likeness (QED) is 0.827. The highest BCUT2D eigenvalue weighted by Crippen LogP contribution is 2.14. The number of benzene rings is 1. The third-order valence-corrected chi connectivity index (χ3v) is 2.68. The van der Waals surface area contributed by atoms with Gasteiger partial charge >= 0.3 is 0 Å².